The van der Waals surface area contributed by atoms with Crippen molar-refractivity contribution < 1.29 is 0 Å². The van der Waals surface area contributed by atoms with Gasteiger partial charge in [-0.15, -0.1) is 0 Å². The van der Waals surface area contributed by atoms with Crippen LogP contribution in [0.1, 0.15) is 16.8 Å². The van der Waals surface area contributed by atoms with Crippen LogP contribution in [0.25, 0.3) is 0 Å². The molecule has 104 valence electrons. The molecule has 0 unspecified atom stereocenters. The maximum atomic E-state index is 5.77. The summed E-state index contributed by atoms with van der Waals surface area (Å²) in [6.45, 7) is 2.71. The third kappa shape index (κ3) is 3.55. The molecule has 1 aromatic carbocycles. The van der Waals surface area contributed by atoms with Crippen molar-refractivity contribution in [2.45, 2.75) is 13.5 Å². The van der Waals surface area contributed by atoms with Gasteiger partial charge in [-0.3, -0.25) is 0 Å². The molecule has 1 aromatic heterocycles. The fourth-order valence-electron chi connectivity index (χ4n) is 1.96. The molecule has 0 aliphatic rings. The summed E-state index contributed by atoms with van der Waals surface area (Å²) < 4.78 is 1.07. The first-order chi connectivity index (χ1) is 9.47. The molecule has 1 heterocycles. The number of pyridine rings is 1. The molecule has 2 aromatic rings. The Labute approximate surface area is 132 Å². The zero-order valence-corrected chi connectivity index (χ0v) is 13.8. The lowest BCUT2D eigenvalue weighted by Crippen LogP contribution is -2.23. The monoisotopic (exact) mass is 349 g/mol. The van der Waals surface area contributed by atoms with Crippen molar-refractivity contribution in [3.8, 4) is 0 Å². The molecule has 3 nitrogen and oxygen atoms in total. The van der Waals surface area contributed by atoms with Crippen molar-refractivity contribution in [2.24, 2.45) is 5.73 Å². The quantitative estimate of drug-likeness (QED) is 0.858. The van der Waals surface area contributed by atoms with Crippen LogP contribution in [0.15, 0.2) is 40.9 Å². The minimum Gasteiger partial charge on any atom is -0.389 e. The summed E-state index contributed by atoms with van der Waals surface area (Å²) in [4.78, 5) is 6.99. The standard InChI is InChI=1S/C15H16BrN3S/c1-10-3-8-13(14(17)20)15(18-10)19(2)9-11-4-6-12(16)7-5-11/h3-8H,9H2,1-2H3,(H2,17,20). The predicted molar refractivity (Wildman–Crippen MR) is 91.1 cm³/mol. The van der Waals surface area contributed by atoms with Gasteiger partial charge in [0.1, 0.15) is 10.8 Å². The van der Waals surface area contributed by atoms with Crippen molar-refractivity contribution in [1.29, 1.82) is 0 Å². The van der Waals surface area contributed by atoms with E-state index in [-0.39, 0.29) is 0 Å². The van der Waals surface area contributed by atoms with Crippen molar-refractivity contribution in [3.05, 3.63) is 57.7 Å². The molecular formula is C15H16BrN3S. The summed E-state index contributed by atoms with van der Waals surface area (Å²) in [6, 6.07) is 12.1. The second-order valence-corrected chi connectivity index (χ2v) is 6.03. The van der Waals surface area contributed by atoms with Crippen LogP contribution in [0.4, 0.5) is 5.82 Å². The van der Waals surface area contributed by atoms with Crippen LogP contribution < -0.4 is 10.6 Å². The molecule has 0 bridgehead atoms. The average Bonchev–Trinajstić information content (AvgIpc) is 2.41. The lowest BCUT2D eigenvalue weighted by atomic mass is 10.2. The SMILES string of the molecule is Cc1ccc(C(N)=S)c(N(C)Cc2ccc(Br)cc2)n1. The maximum Gasteiger partial charge on any atom is 0.139 e. The molecule has 0 amide bonds. The molecule has 0 aliphatic carbocycles. The van der Waals surface area contributed by atoms with Gasteiger partial charge in [-0.2, -0.15) is 0 Å². The van der Waals surface area contributed by atoms with E-state index in [1.165, 1.54) is 5.56 Å². The molecule has 0 radical (unpaired) electrons. The van der Waals surface area contributed by atoms with E-state index in [2.05, 4.69) is 37.9 Å². The van der Waals surface area contributed by atoms with Crippen molar-refractivity contribution >= 4 is 39.0 Å². The van der Waals surface area contributed by atoms with E-state index >= 15 is 0 Å². The Morgan fingerprint density at radius 2 is 1.90 bits per heavy atom. The van der Waals surface area contributed by atoms with E-state index in [4.69, 9.17) is 18.0 Å². The Balaban J connectivity index is 2.28. The number of aromatic nitrogens is 1. The molecule has 5 heteroatoms. The number of nitrogens with zero attached hydrogens (tertiary/aromatic N) is 2. The Bertz CT molecular complexity index is 626. The van der Waals surface area contributed by atoms with Gasteiger partial charge in [0.15, 0.2) is 0 Å². The van der Waals surface area contributed by atoms with E-state index in [1.807, 2.05) is 38.2 Å². The van der Waals surface area contributed by atoms with Crippen molar-refractivity contribution in [2.75, 3.05) is 11.9 Å². The number of thiocarbonyl (C=S) groups is 1. The minimum absolute atomic E-state index is 0.371. The molecule has 0 spiro atoms. The number of rotatable bonds is 4. The largest absolute Gasteiger partial charge is 0.389 e. The number of benzene rings is 1. The van der Waals surface area contributed by atoms with Gasteiger partial charge in [0.25, 0.3) is 0 Å². The molecule has 2 N–H and O–H groups in total. The summed E-state index contributed by atoms with van der Waals surface area (Å²) in [6.07, 6.45) is 0. The van der Waals surface area contributed by atoms with Crippen molar-refractivity contribution in [3.63, 3.8) is 0 Å². The van der Waals surface area contributed by atoms with Gasteiger partial charge < -0.3 is 10.6 Å². The van der Waals surface area contributed by atoms with Gasteiger partial charge >= 0.3 is 0 Å². The number of halogens is 1. The van der Waals surface area contributed by atoms with Gasteiger partial charge in [-0.05, 0) is 36.8 Å². The number of anilines is 1. The molecule has 0 atom stereocenters. The van der Waals surface area contributed by atoms with Gasteiger partial charge in [-0.25, -0.2) is 4.98 Å². The van der Waals surface area contributed by atoms with E-state index in [9.17, 15) is 0 Å². The molecule has 0 fully saturated rings. The summed E-state index contributed by atoms with van der Waals surface area (Å²) in [7, 11) is 1.99. The van der Waals surface area contributed by atoms with E-state index in [0.29, 0.717) is 4.99 Å². The van der Waals surface area contributed by atoms with Crippen molar-refractivity contribution in [1.82, 2.24) is 4.98 Å². The Kier molecular flexibility index (Phi) is 4.73. The highest BCUT2D eigenvalue weighted by molar-refractivity contribution is 9.10. The fourth-order valence-corrected chi connectivity index (χ4v) is 2.39. The van der Waals surface area contributed by atoms with Gasteiger partial charge in [0.2, 0.25) is 0 Å². The van der Waals surface area contributed by atoms with Crippen LogP contribution in [0.2, 0.25) is 0 Å². The lowest BCUT2D eigenvalue weighted by Gasteiger charge is -2.21. The zero-order valence-electron chi connectivity index (χ0n) is 11.4. The Morgan fingerprint density at radius 3 is 2.50 bits per heavy atom. The maximum absolute atomic E-state index is 5.77. The van der Waals surface area contributed by atoms with Crippen LogP contribution in [0, 0.1) is 6.92 Å². The highest BCUT2D eigenvalue weighted by atomic mass is 79.9. The van der Waals surface area contributed by atoms with Crippen LogP contribution >= 0.6 is 28.1 Å². The second kappa shape index (κ2) is 6.33. The summed E-state index contributed by atoms with van der Waals surface area (Å²) in [5, 5.41) is 0. The number of nitrogens with two attached hydrogens (primary N) is 1. The first kappa shape index (κ1) is 14.9. The molecule has 20 heavy (non-hydrogen) atoms. The lowest BCUT2D eigenvalue weighted by molar-refractivity contribution is 0.890. The van der Waals surface area contributed by atoms with Gasteiger partial charge in [0.05, 0.1) is 5.56 Å². The third-order valence-corrected chi connectivity index (χ3v) is 3.72. The third-order valence-electron chi connectivity index (χ3n) is 2.97. The average molecular weight is 350 g/mol. The number of aryl methyl sites for hydroxylation is 1. The first-order valence-electron chi connectivity index (χ1n) is 6.20. The summed E-state index contributed by atoms with van der Waals surface area (Å²) in [5.74, 6) is 0.820. The topological polar surface area (TPSA) is 42.1 Å². The Morgan fingerprint density at radius 1 is 1.25 bits per heavy atom. The highest BCUT2D eigenvalue weighted by Crippen LogP contribution is 2.20. The van der Waals surface area contributed by atoms with Crippen LogP contribution in [0.3, 0.4) is 0 Å². The highest BCUT2D eigenvalue weighted by Gasteiger charge is 2.12. The fraction of sp³-hybridized carbons (Fsp3) is 0.200. The van der Waals surface area contributed by atoms with Crippen LogP contribution in [-0.2, 0) is 6.54 Å². The number of hydrogen-bond acceptors (Lipinski definition) is 3. The summed E-state index contributed by atoms with van der Waals surface area (Å²) in [5.41, 5.74) is 8.73. The first-order valence-corrected chi connectivity index (χ1v) is 7.40. The van der Waals surface area contributed by atoms with E-state index in [0.717, 1.165) is 28.1 Å². The molecular weight excluding hydrogens is 334 g/mol. The zero-order chi connectivity index (χ0) is 14.7. The molecule has 0 saturated heterocycles. The molecule has 0 saturated carbocycles. The van der Waals surface area contributed by atoms with Crippen LogP contribution in [-0.4, -0.2) is 17.0 Å². The van der Waals surface area contributed by atoms with E-state index < -0.39 is 0 Å². The normalized spacial score (nSPS) is 10.3. The molecule has 0 aliphatic heterocycles. The molecule has 2 rings (SSSR count). The van der Waals surface area contributed by atoms with Gasteiger partial charge in [0, 0.05) is 23.8 Å². The summed E-state index contributed by atoms with van der Waals surface area (Å²) >= 11 is 8.54. The smallest absolute Gasteiger partial charge is 0.139 e. The van der Waals surface area contributed by atoms with Crippen LogP contribution in [0.5, 0.6) is 0 Å². The Hall–Kier alpha value is -1.46. The number of hydrogen-bond donors (Lipinski definition) is 1. The van der Waals surface area contributed by atoms with E-state index in [1.54, 1.807) is 0 Å². The minimum atomic E-state index is 0.371. The second-order valence-electron chi connectivity index (χ2n) is 4.67. The predicted octanol–water partition coefficient (Wildman–Crippen LogP) is 3.42. The van der Waals surface area contributed by atoms with Gasteiger partial charge in [-0.1, -0.05) is 40.3 Å².